The summed E-state index contributed by atoms with van der Waals surface area (Å²) < 4.78 is 17.3. The smallest absolute Gasteiger partial charge is 0.310 e. The molecule has 0 aliphatic heterocycles. The van der Waals surface area contributed by atoms with E-state index in [1.54, 1.807) is 0 Å². The molecule has 6 heteroatoms. The van der Waals surface area contributed by atoms with E-state index in [1.165, 1.54) is 0 Å². The molecule has 0 heterocycles. The standard InChI is InChI=1S/C16H28O4Si2/c1-8-18-16(17)12-13-9-10-14(19-21(2,3)4)15(11-13)20-22(5,6)7/h9-11H,8,12H2,1-7H3. The fraction of sp³-hybridized carbons (Fsp3) is 0.562. The van der Waals surface area contributed by atoms with Crippen LogP contribution in [0, 0.1) is 0 Å². The van der Waals surface area contributed by atoms with E-state index in [1.807, 2.05) is 25.1 Å². The fourth-order valence-electron chi connectivity index (χ4n) is 1.86. The number of rotatable bonds is 7. The Morgan fingerprint density at radius 2 is 1.50 bits per heavy atom. The number of ether oxygens (including phenoxy) is 1. The van der Waals surface area contributed by atoms with Gasteiger partial charge in [-0.25, -0.2) is 0 Å². The molecule has 0 fully saturated rings. The predicted molar refractivity (Wildman–Crippen MR) is 94.7 cm³/mol. The molecule has 4 nitrogen and oxygen atoms in total. The Labute approximate surface area is 136 Å². The summed E-state index contributed by atoms with van der Waals surface area (Å²) in [7, 11) is -3.49. The summed E-state index contributed by atoms with van der Waals surface area (Å²) in [4.78, 5) is 11.6. The van der Waals surface area contributed by atoms with Crippen molar-refractivity contribution < 1.29 is 18.4 Å². The predicted octanol–water partition coefficient (Wildman–Crippen LogP) is 4.22. The first-order chi connectivity index (χ1) is 10.00. The summed E-state index contributed by atoms with van der Waals surface area (Å²) in [6, 6.07) is 5.72. The Kier molecular flexibility index (Phi) is 6.25. The first kappa shape index (κ1) is 18.8. The second kappa shape index (κ2) is 7.33. The van der Waals surface area contributed by atoms with Gasteiger partial charge in [0.1, 0.15) is 11.5 Å². The molecule has 0 N–H and O–H groups in total. The zero-order valence-electron chi connectivity index (χ0n) is 14.8. The molecule has 0 aliphatic carbocycles. The van der Waals surface area contributed by atoms with E-state index in [2.05, 4.69) is 39.3 Å². The van der Waals surface area contributed by atoms with Crippen LogP contribution in [0.5, 0.6) is 11.5 Å². The Hall–Kier alpha value is -1.28. The lowest BCUT2D eigenvalue weighted by atomic mass is 10.1. The fourth-order valence-corrected chi connectivity index (χ4v) is 3.51. The van der Waals surface area contributed by atoms with Crippen molar-refractivity contribution in [1.82, 2.24) is 0 Å². The minimum atomic E-state index is -1.76. The van der Waals surface area contributed by atoms with Crippen molar-refractivity contribution in [3.8, 4) is 11.5 Å². The van der Waals surface area contributed by atoms with Gasteiger partial charge in [0, 0.05) is 0 Å². The molecule has 1 aromatic carbocycles. The first-order valence-corrected chi connectivity index (χ1v) is 14.5. The Morgan fingerprint density at radius 1 is 0.955 bits per heavy atom. The van der Waals surface area contributed by atoms with E-state index < -0.39 is 16.6 Å². The summed E-state index contributed by atoms with van der Waals surface area (Å²) in [5, 5.41) is 0. The lowest BCUT2D eigenvalue weighted by molar-refractivity contribution is -0.142. The third kappa shape index (κ3) is 7.13. The number of esters is 1. The summed E-state index contributed by atoms with van der Waals surface area (Å²) in [5.74, 6) is 1.29. The van der Waals surface area contributed by atoms with Crippen LogP contribution in [0.1, 0.15) is 12.5 Å². The van der Waals surface area contributed by atoms with E-state index in [9.17, 15) is 4.79 Å². The second-order valence-electron chi connectivity index (χ2n) is 7.19. The molecule has 0 aliphatic rings. The molecule has 0 aromatic heterocycles. The number of benzene rings is 1. The zero-order valence-corrected chi connectivity index (χ0v) is 16.8. The van der Waals surface area contributed by atoms with Gasteiger partial charge in [-0.15, -0.1) is 0 Å². The van der Waals surface area contributed by atoms with Crippen LogP contribution >= 0.6 is 0 Å². The highest BCUT2D eigenvalue weighted by Crippen LogP contribution is 2.32. The van der Waals surface area contributed by atoms with Gasteiger partial charge in [-0.2, -0.15) is 0 Å². The van der Waals surface area contributed by atoms with Gasteiger partial charge in [-0.05, 0) is 63.9 Å². The molecule has 0 saturated carbocycles. The van der Waals surface area contributed by atoms with E-state index in [0.717, 1.165) is 17.1 Å². The van der Waals surface area contributed by atoms with Crippen LogP contribution in [-0.2, 0) is 16.0 Å². The lowest BCUT2D eigenvalue weighted by Crippen LogP contribution is -2.32. The molecule has 0 bridgehead atoms. The quantitative estimate of drug-likeness (QED) is 0.551. The first-order valence-electron chi connectivity index (χ1n) is 7.67. The molecule has 0 atom stereocenters. The van der Waals surface area contributed by atoms with E-state index in [0.29, 0.717) is 6.61 Å². The zero-order chi connectivity index (χ0) is 17.0. The topological polar surface area (TPSA) is 44.8 Å². The third-order valence-electron chi connectivity index (χ3n) is 2.49. The average molecular weight is 341 g/mol. The molecule has 1 rings (SSSR count). The molecule has 0 unspecified atom stereocenters. The van der Waals surface area contributed by atoms with Crippen molar-refractivity contribution >= 4 is 22.6 Å². The van der Waals surface area contributed by atoms with E-state index in [-0.39, 0.29) is 12.4 Å². The van der Waals surface area contributed by atoms with Crippen LogP contribution in [0.4, 0.5) is 0 Å². The Bertz CT molecular complexity index is 516. The largest absolute Gasteiger partial charge is 0.542 e. The molecule has 22 heavy (non-hydrogen) atoms. The summed E-state index contributed by atoms with van der Waals surface area (Å²) in [6.45, 7) is 15.0. The molecular formula is C16H28O4Si2. The van der Waals surface area contributed by atoms with Crippen LogP contribution in [0.2, 0.25) is 39.3 Å². The summed E-state index contributed by atoms with van der Waals surface area (Å²) in [5.41, 5.74) is 0.884. The molecular weight excluding hydrogens is 312 g/mol. The van der Waals surface area contributed by atoms with Crippen LogP contribution < -0.4 is 8.85 Å². The maximum atomic E-state index is 11.6. The van der Waals surface area contributed by atoms with Crippen molar-refractivity contribution in [2.45, 2.75) is 52.6 Å². The maximum absolute atomic E-state index is 11.6. The molecule has 1 aromatic rings. The SMILES string of the molecule is CCOC(=O)Cc1ccc(O[Si](C)(C)C)c(O[Si](C)(C)C)c1. The van der Waals surface area contributed by atoms with E-state index in [4.69, 9.17) is 13.6 Å². The van der Waals surface area contributed by atoms with Gasteiger partial charge in [-0.1, -0.05) is 6.07 Å². The van der Waals surface area contributed by atoms with Crippen molar-refractivity contribution in [2.24, 2.45) is 0 Å². The van der Waals surface area contributed by atoms with Crippen LogP contribution in [0.25, 0.3) is 0 Å². The molecule has 0 saturated heterocycles. The maximum Gasteiger partial charge on any atom is 0.310 e. The van der Waals surface area contributed by atoms with Crippen LogP contribution in [0.15, 0.2) is 18.2 Å². The molecule has 0 radical (unpaired) electrons. The van der Waals surface area contributed by atoms with Crippen molar-refractivity contribution in [3.63, 3.8) is 0 Å². The van der Waals surface area contributed by atoms with Gasteiger partial charge in [0.15, 0.2) is 0 Å². The van der Waals surface area contributed by atoms with Crippen molar-refractivity contribution in [3.05, 3.63) is 23.8 Å². The molecule has 0 spiro atoms. The number of hydrogen-bond acceptors (Lipinski definition) is 4. The summed E-state index contributed by atoms with van der Waals surface area (Å²) in [6.07, 6.45) is 0.253. The van der Waals surface area contributed by atoms with Gasteiger partial charge < -0.3 is 13.6 Å². The Morgan fingerprint density at radius 3 is 2.00 bits per heavy atom. The number of hydrogen-bond donors (Lipinski definition) is 0. The minimum Gasteiger partial charge on any atom is -0.542 e. The van der Waals surface area contributed by atoms with Gasteiger partial charge >= 0.3 is 5.97 Å². The number of carbonyl (C=O) groups excluding carboxylic acids is 1. The van der Waals surface area contributed by atoms with Crippen LogP contribution in [0.3, 0.4) is 0 Å². The van der Waals surface area contributed by atoms with Gasteiger partial charge in [-0.3, -0.25) is 4.79 Å². The highest BCUT2D eigenvalue weighted by molar-refractivity contribution is 6.71. The number of carbonyl (C=O) groups is 1. The van der Waals surface area contributed by atoms with Crippen LogP contribution in [-0.4, -0.2) is 29.2 Å². The van der Waals surface area contributed by atoms with Gasteiger partial charge in [0.05, 0.1) is 13.0 Å². The lowest BCUT2D eigenvalue weighted by Gasteiger charge is -2.26. The Balaban J connectivity index is 3.05. The minimum absolute atomic E-state index is 0.222. The normalized spacial score (nSPS) is 12.0. The summed E-state index contributed by atoms with van der Waals surface area (Å²) >= 11 is 0. The molecule has 124 valence electrons. The van der Waals surface area contributed by atoms with Crippen molar-refractivity contribution in [2.75, 3.05) is 6.61 Å². The second-order valence-corrected chi connectivity index (χ2v) is 16.0. The van der Waals surface area contributed by atoms with Gasteiger partial charge in [0.2, 0.25) is 16.6 Å². The van der Waals surface area contributed by atoms with Gasteiger partial charge in [0.25, 0.3) is 0 Å². The average Bonchev–Trinajstić information content (AvgIpc) is 2.29. The highest BCUT2D eigenvalue weighted by Gasteiger charge is 2.23. The van der Waals surface area contributed by atoms with Crippen molar-refractivity contribution in [1.29, 1.82) is 0 Å². The van der Waals surface area contributed by atoms with E-state index >= 15 is 0 Å². The monoisotopic (exact) mass is 340 g/mol. The third-order valence-corrected chi connectivity index (χ3v) is 4.16. The molecule has 0 amide bonds. The highest BCUT2D eigenvalue weighted by atomic mass is 28.4.